The molecule has 0 saturated heterocycles. The number of hydrogen-bond acceptors (Lipinski definition) is 4. The van der Waals surface area contributed by atoms with Crippen LogP contribution in [0.25, 0.3) is 0 Å². The molecular formula is C14H23N3O3. The fourth-order valence-corrected chi connectivity index (χ4v) is 1.84. The summed E-state index contributed by atoms with van der Waals surface area (Å²) in [4.78, 5) is 27.3. The van der Waals surface area contributed by atoms with E-state index in [1.807, 2.05) is 34.6 Å². The van der Waals surface area contributed by atoms with Crippen molar-refractivity contribution in [1.29, 1.82) is 0 Å². The van der Waals surface area contributed by atoms with E-state index in [1.165, 1.54) is 0 Å². The quantitative estimate of drug-likeness (QED) is 0.863. The number of hydrogen-bond donors (Lipinski definition) is 2. The zero-order valence-corrected chi connectivity index (χ0v) is 12.7. The lowest BCUT2D eigenvalue weighted by Crippen LogP contribution is -2.39. The first-order chi connectivity index (χ1) is 9.12. The van der Waals surface area contributed by atoms with E-state index < -0.39 is 5.97 Å². The largest absolute Gasteiger partial charge is 0.481 e. The molecule has 6 nitrogen and oxygen atoms in total. The van der Waals surface area contributed by atoms with E-state index in [9.17, 15) is 9.59 Å². The van der Waals surface area contributed by atoms with Gasteiger partial charge in [0.15, 0.2) is 5.82 Å². The molecule has 1 aromatic heterocycles. The highest BCUT2D eigenvalue weighted by molar-refractivity contribution is 5.68. The number of carbonyl (C=O) groups is 1. The van der Waals surface area contributed by atoms with E-state index in [0.717, 1.165) is 0 Å². The number of nitrogens with one attached hydrogen (secondary N) is 1. The van der Waals surface area contributed by atoms with E-state index in [2.05, 4.69) is 10.3 Å². The molecule has 1 aromatic rings. The van der Waals surface area contributed by atoms with Gasteiger partial charge in [0.1, 0.15) is 0 Å². The Kier molecular flexibility index (Phi) is 4.92. The smallest absolute Gasteiger partial charge is 0.305 e. The van der Waals surface area contributed by atoms with Gasteiger partial charge in [-0.2, -0.15) is 0 Å². The molecule has 6 heteroatoms. The molecule has 1 rings (SSSR count). The summed E-state index contributed by atoms with van der Waals surface area (Å²) in [5.41, 5.74) is -0.535. The Labute approximate surface area is 118 Å². The molecule has 0 aliphatic rings. The zero-order chi connectivity index (χ0) is 15.5. The topological polar surface area (TPSA) is 84.2 Å². The van der Waals surface area contributed by atoms with Crippen molar-refractivity contribution >= 4 is 11.8 Å². The molecule has 0 aliphatic heterocycles. The van der Waals surface area contributed by atoms with Crippen LogP contribution >= 0.6 is 0 Å². The lowest BCUT2D eigenvalue weighted by atomic mass is 9.85. The average Bonchev–Trinajstić information content (AvgIpc) is 2.28. The highest BCUT2D eigenvalue weighted by Crippen LogP contribution is 2.24. The Hall–Kier alpha value is -1.85. The lowest BCUT2D eigenvalue weighted by Gasteiger charge is -2.30. The lowest BCUT2D eigenvalue weighted by molar-refractivity contribution is -0.137. The van der Waals surface area contributed by atoms with E-state index in [-0.39, 0.29) is 35.3 Å². The molecule has 1 heterocycles. The molecule has 0 saturated carbocycles. The minimum atomic E-state index is -0.905. The fourth-order valence-electron chi connectivity index (χ4n) is 1.84. The Balaban J connectivity index is 3.09. The van der Waals surface area contributed by atoms with Crippen molar-refractivity contribution in [2.24, 2.45) is 5.41 Å². The summed E-state index contributed by atoms with van der Waals surface area (Å²) in [7, 11) is 0. The number of rotatable bonds is 5. The Bertz CT molecular complexity index is 529. The van der Waals surface area contributed by atoms with Crippen LogP contribution in [0, 0.1) is 5.41 Å². The summed E-state index contributed by atoms with van der Waals surface area (Å²) in [5, 5.41) is 12.0. The van der Waals surface area contributed by atoms with Gasteiger partial charge in [0.05, 0.1) is 6.42 Å². The van der Waals surface area contributed by atoms with Gasteiger partial charge in [-0.25, -0.2) is 4.98 Å². The predicted octanol–water partition coefficient (Wildman–Crippen LogP) is 2.13. The van der Waals surface area contributed by atoms with Gasteiger partial charge in [0.2, 0.25) is 0 Å². The molecule has 2 N–H and O–H groups in total. The molecule has 0 radical (unpaired) electrons. The van der Waals surface area contributed by atoms with Gasteiger partial charge in [0.25, 0.3) is 5.56 Å². The number of nitrogens with zero attached hydrogens (tertiary/aromatic N) is 2. The summed E-state index contributed by atoms with van der Waals surface area (Å²) >= 11 is 0. The van der Waals surface area contributed by atoms with Crippen molar-refractivity contribution in [2.45, 2.75) is 53.1 Å². The van der Waals surface area contributed by atoms with Crippen molar-refractivity contribution in [2.75, 3.05) is 5.32 Å². The van der Waals surface area contributed by atoms with E-state index >= 15 is 0 Å². The van der Waals surface area contributed by atoms with Crippen LogP contribution in [0.5, 0.6) is 0 Å². The normalized spacial score (nSPS) is 13.3. The molecule has 0 spiro atoms. The molecule has 0 aromatic carbocycles. The second-order valence-corrected chi connectivity index (χ2v) is 6.24. The Morgan fingerprint density at radius 1 is 1.45 bits per heavy atom. The Morgan fingerprint density at radius 2 is 2.05 bits per heavy atom. The van der Waals surface area contributed by atoms with Crippen molar-refractivity contribution in [3.8, 4) is 0 Å². The summed E-state index contributed by atoms with van der Waals surface area (Å²) in [6.45, 7) is 9.60. The average molecular weight is 281 g/mol. The van der Waals surface area contributed by atoms with Gasteiger partial charge in [0, 0.05) is 24.5 Å². The Morgan fingerprint density at radius 3 is 2.50 bits per heavy atom. The fraction of sp³-hybridized carbons (Fsp3) is 0.643. The SMILES string of the molecule is CC(C)n1ccnc(NC(CC(=O)O)C(C)(C)C)c1=O. The summed E-state index contributed by atoms with van der Waals surface area (Å²) < 4.78 is 1.57. The van der Waals surface area contributed by atoms with Gasteiger partial charge in [-0.15, -0.1) is 0 Å². The molecule has 0 amide bonds. The van der Waals surface area contributed by atoms with Crippen LogP contribution < -0.4 is 10.9 Å². The van der Waals surface area contributed by atoms with Crippen LogP contribution in [-0.4, -0.2) is 26.7 Å². The minimum absolute atomic E-state index is 0.0265. The standard InChI is InChI=1S/C14H23N3O3/c1-9(2)17-7-6-15-12(13(17)20)16-10(8-11(18)19)14(3,4)5/h6-7,9-10H,8H2,1-5H3,(H,15,16)(H,18,19). The zero-order valence-electron chi connectivity index (χ0n) is 12.7. The first-order valence-corrected chi connectivity index (χ1v) is 6.68. The van der Waals surface area contributed by atoms with Crippen molar-refractivity contribution in [3.05, 3.63) is 22.7 Å². The number of carboxylic acid groups (broad SMARTS) is 1. The first kappa shape index (κ1) is 16.2. The molecule has 112 valence electrons. The second-order valence-electron chi connectivity index (χ2n) is 6.24. The molecule has 0 bridgehead atoms. The highest BCUT2D eigenvalue weighted by Gasteiger charge is 2.28. The number of aliphatic carboxylic acids is 1. The predicted molar refractivity (Wildman–Crippen MR) is 78.0 cm³/mol. The van der Waals surface area contributed by atoms with Crippen LogP contribution in [0.1, 0.15) is 47.1 Å². The van der Waals surface area contributed by atoms with Gasteiger partial charge in [-0.05, 0) is 19.3 Å². The molecule has 20 heavy (non-hydrogen) atoms. The summed E-state index contributed by atoms with van der Waals surface area (Å²) in [5.74, 6) is -0.708. The maximum absolute atomic E-state index is 12.2. The van der Waals surface area contributed by atoms with Crippen molar-refractivity contribution in [3.63, 3.8) is 0 Å². The monoisotopic (exact) mass is 281 g/mol. The third-order valence-corrected chi connectivity index (χ3v) is 3.16. The van der Waals surface area contributed by atoms with Crippen LogP contribution in [-0.2, 0) is 4.79 Å². The second kappa shape index (κ2) is 6.07. The number of aromatic nitrogens is 2. The maximum atomic E-state index is 12.2. The van der Waals surface area contributed by atoms with Crippen LogP contribution in [0.2, 0.25) is 0 Å². The number of anilines is 1. The summed E-state index contributed by atoms with van der Waals surface area (Å²) in [6, 6.07) is -0.346. The molecule has 1 atom stereocenters. The van der Waals surface area contributed by atoms with Crippen LogP contribution in [0.4, 0.5) is 5.82 Å². The van der Waals surface area contributed by atoms with E-state index in [4.69, 9.17) is 5.11 Å². The van der Waals surface area contributed by atoms with Gasteiger partial charge in [-0.3, -0.25) is 9.59 Å². The van der Waals surface area contributed by atoms with Crippen molar-refractivity contribution < 1.29 is 9.90 Å². The maximum Gasteiger partial charge on any atom is 0.305 e. The first-order valence-electron chi connectivity index (χ1n) is 6.68. The molecular weight excluding hydrogens is 258 g/mol. The third kappa shape index (κ3) is 4.08. The van der Waals surface area contributed by atoms with E-state index in [0.29, 0.717) is 0 Å². The van der Waals surface area contributed by atoms with Crippen LogP contribution in [0.15, 0.2) is 17.2 Å². The molecule has 0 aliphatic carbocycles. The third-order valence-electron chi connectivity index (χ3n) is 3.16. The van der Waals surface area contributed by atoms with Crippen molar-refractivity contribution in [1.82, 2.24) is 9.55 Å². The van der Waals surface area contributed by atoms with E-state index in [1.54, 1.807) is 17.0 Å². The highest BCUT2D eigenvalue weighted by atomic mass is 16.4. The molecule has 1 unspecified atom stereocenters. The molecule has 0 fully saturated rings. The van der Waals surface area contributed by atoms with Gasteiger partial charge >= 0.3 is 5.97 Å². The van der Waals surface area contributed by atoms with Gasteiger partial charge < -0.3 is 15.0 Å². The minimum Gasteiger partial charge on any atom is -0.481 e. The van der Waals surface area contributed by atoms with Crippen LogP contribution in [0.3, 0.4) is 0 Å². The number of carboxylic acids is 1. The summed E-state index contributed by atoms with van der Waals surface area (Å²) in [6.07, 6.45) is 3.10. The van der Waals surface area contributed by atoms with Gasteiger partial charge in [-0.1, -0.05) is 20.8 Å².